The van der Waals surface area contributed by atoms with E-state index in [0.717, 1.165) is 5.56 Å². The van der Waals surface area contributed by atoms with Crippen LogP contribution in [0.25, 0.3) is 0 Å². The Morgan fingerprint density at radius 3 is 2.12 bits per heavy atom. The fourth-order valence-electron chi connectivity index (χ4n) is 2.89. The predicted molar refractivity (Wildman–Crippen MR) is 122 cm³/mol. The number of hydrogen-bond donors (Lipinski definition) is 3. The zero-order valence-corrected chi connectivity index (χ0v) is 19.0. The summed E-state index contributed by atoms with van der Waals surface area (Å²) in [6, 6.07) is 16.0. The molecule has 0 aliphatic carbocycles. The van der Waals surface area contributed by atoms with Crippen molar-refractivity contribution in [2.24, 2.45) is 11.7 Å². The summed E-state index contributed by atoms with van der Waals surface area (Å²) in [6.45, 7) is 3.57. The molecule has 4 N–H and O–H groups in total. The maximum Gasteiger partial charge on any atom is 0.408 e. The van der Waals surface area contributed by atoms with E-state index in [2.05, 4.69) is 10.6 Å². The molecule has 0 fully saturated rings. The van der Waals surface area contributed by atoms with Crippen molar-refractivity contribution in [3.8, 4) is 0 Å². The highest BCUT2D eigenvalue weighted by Gasteiger charge is 2.28. The number of hydrogen-bond acceptors (Lipinski definition) is 5. The first-order chi connectivity index (χ1) is 15.3. The molecule has 2 aromatic carbocycles. The normalized spacial score (nSPS) is 13.6. The first-order valence-electron chi connectivity index (χ1n) is 10.3. The van der Waals surface area contributed by atoms with Gasteiger partial charge in [-0.2, -0.15) is 0 Å². The van der Waals surface area contributed by atoms with E-state index in [4.69, 9.17) is 10.5 Å². The Morgan fingerprint density at radius 2 is 1.56 bits per heavy atom. The first kappa shape index (κ1) is 25.1. The lowest BCUT2D eigenvalue weighted by atomic mass is 10.0. The summed E-state index contributed by atoms with van der Waals surface area (Å²) >= 11 is 0. The SMILES string of the molecule is CC(C)[C@H](NC(=O)OCc1ccccc1)C(=O)N[C@@H](CC[S@](=O)c1ccccc1)C(N)=O. The molecule has 0 saturated carbocycles. The van der Waals surface area contributed by atoms with Gasteiger partial charge in [0.25, 0.3) is 0 Å². The third kappa shape index (κ3) is 8.14. The highest BCUT2D eigenvalue weighted by atomic mass is 32.2. The Morgan fingerprint density at radius 1 is 0.969 bits per heavy atom. The summed E-state index contributed by atoms with van der Waals surface area (Å²) in [5, 5.41) is 5.10. The molecule has 2 aromatic rings. The van der Waals surface area contributed by atoms with Gasteiger partial charge in [-0.05, 0) is 30.0 Å². The number of carbonyl (C=O) groups excluding carboxylic acids is 3. The van der Waals surface area contributed by atoms with E-state index in [1.807, 2.05) is 36.4 Å². The van der Waals surface area contributed by atoms with Gasteiger partial charge in [-0.1, -0.05) is 62.4 Å². The molecule has 0 heterocycles. The molecule has 0 aromatic heterocycles. The lowest BCUT2D eigenvalue weighted by molar-refractivity contribution is -0.129. The molecule has 0 aliphatic heterocycles. The van der Waals surface area contributed by atoms with Crippen LogP contribution in [0.5, 0.6) is 0 Å². The van der Waals surface area contributed by atoms with E-state index < -0.39 is 40.8 Å². The van der Waals surface area contributed by atoms with Crippen LogP contribution in [0.2, 0.25) is 0 Å². The fraction of sp³-hybridized carbons (Fsp3) is 0.348. The average Bonchev–Trinajstić information content (AvgIpc) is 2.79. The number of nitrogens with two attached hydrogens (primary N) is 1. The molecule has 0 unspecified atom stereocenters. The second-order valence-electron chi connectivity index (χ2n) is 7.54. The van der Waals surface area contributed by atoms with Crippen molar-refractivity contribution < 1.29 is 23.3 Å². The van der Waals surface area contributed by atoms with Crippen LogP contribution in [0.15, 0.2) is 65.6 Å². The number of benzene rings is 2. The highest BCUT2D eigenvalue weighted by Crippen LogP contribution is 2.09. The molecular formula is C23H29N3O5S. The van der Waals surface area contributed by atoms with Crippen LogP contribution in [0.4, 0.5) is 4.79 Å². The van der Waals surface area contributed by atoms with Crippen molar-refractivity contribution in [1.29, 1.82) is 0 Å². The second-order valence-corrected chi connectivity index (χ2v) is 9.11. The van der Waals surface area contributed by atoms with Crippen molar-refractivity contribution in [1.82, 2.24) is 10.6 Å². The van der Waals surface area contributed by atoms with E-state index in [1.54, 1.807) is 38.1 Å². The topological polar surface area (TPSA) is 128 Å². The van der Waals surface area contributed by atoms with Crippen molar-refractivity contribution in [2.75, 3.05) is 5.75 Å². The lowest BCUT2D eigenvalue weighted by Crippen LogP contribution is -2.55. The number of amides is 3. The fourth-order valence-corrected chi connectivity index (χ4v) is 4.03. The predicted octanol–water partition coefficient (Wildman–Crippen LogP) is 2.11. The maximum atomic E-state index is 12.8. The Labute approximate surface area is 190 Å². The minimum atomic E-state index is -1.33. The lowest BCUT2D eigenvalue weighted by Gasteiger charge is -2.24. The van der Waals surface area contributed by atoms with E-state index in [0.29, 0.717) is 4.90 Å². The molecule has 8 nitrogen and oxygen atoms in total. The van der Waals surface area contributed by atoms with Gasteiger partial charge in [0.05, 0.1) is 10.8 Å². The largest absolute Gasteiger partial charge is 0.445 e. The number of rotatable bonds is 11. The smallest absolute Gasteiger partial charge is 0.408 e. The van der Waals surface area contributed by atoms with Gasteiger partial charge in [0, 0.05) is 10.6 Å². The zero-order valence-electron chi connectivity index (χ0n) is 18.2. The first-order valence-corrected chi connectivity index (χ1v) is 11.6. The molecule has 0 radical (unpaired) electrons. The molecule has 0 aliphatic rings. The van der Waals surface area contributed by atoms with Gasteiger partial charge in [0.2, 0.25) is 11.8 Å². The molecule has 0 saturated heterocycles. The van der Waals surface area contributed by atoms with Gasteiger partial charge in [-0.3, -0.25) is 13.8 Å². The maximum absolute atomic E-state index is 12.8. The Bertz CT molecular complexity index is 922. The van der Waals surface area contributed by atoms with Crippen molar-refractivity contribution in [2.45, 2.75) is 43.9 Å². The third-order valence-corrected chi connectivity index (χ3v) is 6.10. The van der Waals surface area contributed by atoms with Crippen LogP contribution in [0.1, 0.15) is 25.8 Å². The van der Waals surface area contributed by atoms with Crippen LogP contribution < -0.4 is 16.4 Å². The summed E-state index contributed by atoms with van der Waals surface area (Å²) in [5.41, 5.74) is 6.25. The molecule has 2 rings (SSSR count). The van der Waals surface area contributed by atoms with E-state index >= 15 is 0 Å². The summed E-state index contributed by atoms with van der Waals surface area (Å²) in [6.07, 6.45) is -0.644. The van der Waals surface area contributed by atoms with E-state index in [-0.39, 0.29) is 24.7 Å². The quantitative estimate of drug-likeness (QED) is 0.474. The number of ether oxygens (including phenoxy) is 1. The minimum absolute atomic E-state index is 0.0638. The van der Waals surface area contributed by atoms with Crippen LogP contribution in [0, 0.1) is 5.92 Å². The van der Waals surface area contributed by atoms with Gasteiger partial charge in [-0.25, -0.2) is 4.79 Å². The summed E-state index contributed by atoms with van der Waals surface area (Å²) in [7, 11) is -1.33. The summed E-state index contributed by atoms with van der Waals surface area (Å²) in [5.74, 6) is -1.42. The number of nitrogens with one attached hydrogen (secondary N) is 2. The van der Waals surface area contributed by atoms with Gasteiger partial charge < -0.3 is 21.1 Å². The highest BCUT2D eigenvalue weighted by molar-refractivity contribution is 7.85. The molecule has 172 valence electrons. The van der Waals surface area contributed by atoms with Crippen LogP contribution in [-0.2, 0) is 31.7 Å². The van der Waals surface area contributed by atoms with Crippen molar-refractivity contribution in [3.63, 3.8) is 0 Å². The van der Waals surface area contributed by atoms with Crippen LogP contribution in [-0.4, -0.2) is 40.0 Å². The minimum Gasteiger partial charge on any atom is -0.445 e. The summed E-state index contributed by atoms with van der Waals surface area (Å²) < 4.78 is 17.6. The molecule has 9 heteroatoms. The van der Waals surface area contributed by atoms with Gasteiger partial charge in [0.15, 0.2) is 0 Å². The molecule has 0 spiro atoms. The van der Waals surface area contributed by atoms with E-state index in [9.17, 15) is 18.6 Å². The Balaban J connectivity index is 1.92. The van der Waals surface area contributed by atoms with E-state index in [1.165, 1.54) is 0 Å². The monoisotopic (exact) mass is 459 g/mol. The summed E-state index contributed by atoms with van der Waals surface area (Å²) in [4.78, 5) is 37.4. The standard InChI is InChI=1S/C23H29N3O5S/c1-16(2)20(26-23(29)31-15-17-9-5-3-6-10-17)22(28)25-19(21(24)27)13-14-32(30)18-11-7-4-8-12-18/h3-12,16,19-20H,13-15H2,1-2H3,(H2,24,27)(H,25,28)(H,26,29)/t19-,20-,32-/m0/s1. The second kappa shape index (κ2) is 12.6. The Hall–Kier alpha value is -3.20. The number of alkyl carbamates (subject to hydrolysis) is 1. The average molecular weight is 460 g/mol. The molecule has 3 amide bonds. The molecule has 32 heavy (non-hydrogen) atoms. The van der Waals surface area contributed by atoms with Crippen LogP contribution >= 0.6 is 0 Å². The molecular weight excluding hydrogens is 430 g/mol. The van der Waals surface area contributed by atoms with Gasteiger partial charge >= 0.3 is 6.09 Å². The molecule has 0 bridgehead atoms. The number of carbonyl (C=O) groups is 3. The van der Waals surface area contributed by atoms with Gasteiger partial charge in [-0.15, -0.1) is 0 Å². The van der Waals surface area contributed by atoms with Gasteiger partial charge in [0.1, 0.15) is 18.7 Å². The van der Waals surface area contributed by atoms with Crippen molar-refractivity contribution >= 4 is 28.7 Å². The van der Waals surface area contributed by atoms with Crippen LogP contribution in [0.3, 0.4) is 0 Å². The zero-order chi connectivity index (χ0) is 23.5. The molecule has 3 atom stereocenters. The van der Waals surface area contributed by atoms with Crippen molar-refractivity contribution in [3.05, 3.63) is 66.2 Å². The number of primary amides is 1. The Kier molecular flexibility index (Phi) is 9.87. The third-order valence-electron chi connectivity index (χ3n) is 4.69.